The molecule has 176 valence electrons. The third kappa shape index (κ3) is 4.19. The van der Waals surface area contributed by atoms with Gasteiger partial charge in [0.2, 0.25) is 11.8 Å². The monoisotopic (exact) mass is 444 g/mol. The summed E-state index contributed by atoms with van der Waals surface area (Å²) in [5.41, 5.74) is 2.06. The molecule has 5 heterocycles. The molecule has 1 aromatic heterocycles. The Morgan fingerprint density at radius 2 is 1.59 bits per heavy atom. The lowest BCUT2D eigenvalue weighted by molar-refractivity contribution is -0.133. The molecule has 0 unspecified atom stereocenters. The number of aromatic nitrogens is 1. The number of aryl methyl sites for hydroxylation is 2. The highest BCUT2D eigenvalue weighted by Crippen LogP contribution is 2.43. The van der Waals surface area contributed by atoms with Gasteiger partial charge >= 0.3 is 0 Å². The molecule has 0 spiro atoms. The molecule has 0 saturated carbocycles. The summed E-state index contributed by atoms with van der Waals surface area (Å²) in [4.78, 5) is 32.4. The zero-order chi connectivity index (χ0) is 22.2. The van der Waals surface area contributed by atoms with Gasteiger partial charge in [0.25, 0.3) is 0 Å². The van der Waals surface area contributed by atoms with Crippen LogP contribution in [0.2, 0.25) is 0 Å². The maximum atomic E-state index is 13.0. The van der Waals surface area contributed by atoms with E-state index < -0.39 is 0 Å². The highest BCUT2D eigenvalue weighted by atomic mass is 16.5. The van der Waals surface area contributed by atoms with Crippen LogP contribution in [0.4, 0.5) is 0 Å². The Bertz CT molecular complexity index is 824. The topological polar surface area (TPSA) is 79.1 Å². The normalized spacial score (nSPS) is 30.4. The van der Waals surface area contributed by atoms with E-state index in [0.29, 0.717) is 19.4 Å². The van der Waals surface area contributed by atoms with E-state index in [4.69, 9.17) is 9.26 Å². The number of hydrogen-bond donors (Lipinski definition) is 0. The average Bonchev–Trinajstić information content (AvgIpc) is 3.58. The van der Waals surface area contributed by atoms with Crippen molar-refractivity contribution in [2.24, 2.45) is 11.8 Å². The molecular weight excluding hydrogens is 408 g/mol. The average molecular weight is 445 g/mol. The summed E-state index contributed by atoms with van der Waals surface area (Å²) in [6.45, 7) is 9.69. The predicted octanol–water partition coefficient (Wildman–Crippen LogP) is 2.13. The summed E-state index contributed by atoms with van der Waals surface area (Å²) in [6, 6.07) is 0.233. The van der Waals surface area contributed by atoms with Gasteiger partial charge in [-0.05, 0) is 45.4 Å². The van der Waals surface area contributed by atoms with E-state index in [-0.39, 0.29) is 35.8 Å². The largest absolute Gasteiger partial charge is 0.376 e. The Kier molecular flexibility index (Phi) is 6.25. The van der Waals surface area contributed by atoms with E-state index >= 15 is 0 Å². The maximum absolute atomic E-state index is 13.0. The Labute approximate surface area is 190 Å². The molecule has 4 atom stereocenters. The first-order valence-electron chi connectivity index (χ1n) is 12.3. The summed E-state index contributed by atoms with van der Waals surface area (Å²) in [7, 11) is 0. The quantitative estimate of drug-likeness (QED) is 0.669. The van der Waals surface area contributed by atoms with Crippen LogP contribution in [-0.2, 0) is 20.9 Å². The standard InChI is InChI=1S/C24H36N4O4/c1-16-19(17(2)32-25-16)14-28-13-18(11-22(29)26-7-3-4-8-26)24-20(28)15-31-21(24)12-23(30)27-9-5-6-10-27/h18,20-21,24H,3-15H2,1-2H3/t18-,20-,21+,24-/m1/s1. The fourth-order valence-electron chi connectivity index (χ4n) is 6.31. The lowest BCUT2D eigenvalue weighted by Crippen LogP contribution is -2.37. The van der Waals surface area contributed by atoms with Gasteiger partial charge in [-0.1, -0.05) is 5.16 Å². The molecular formula is C24H36N4O4. The van der Waals surface area contributed by atoms with Crippen molar-refractivity contribution < 1.29 is 18.8 Å². The zero-order valence-electron chi connectivity index (χ0n) is 19.4. The number of amides is 2. The first-order valence-corrected chi connectivity index (χ1v) is 12.3. The van der Waals surface area contributed by atoms with Gasteiger partial charge in [0.05, 0.1) is 24.8 Å². The second-order valence-corrected chi connectivity index (χ2v) is 10.1. The van der Waals surface area contributed by atoms with Crippen molar-refractivity contribution in [3.63, 3.8) is 0 Å². The minimum absolute atomic E-state index is 0.0980. The number of likely N-dealkylation sites (tertiary alicyclic amines) is 3. The smallest absolute Gasteiger partial charge is 0.225 e. The number of ether oxygens (including phenoxy) is 1. The molecule has 5 rings (SSSR count). The second kappa shape index (κ2) is 9.14. The van der Waals surface area contributed by atoms with Gasteiger partial charge in [-0.3, -0.25) is 14.5 Å². The number of hydrogen-bond acceptors (Lipinski definition) is 6. The summed E-state index contributed by atoms with van der Waals surface area (Å²) >= 11 is 0. The second-order valence-electron chi connectivity index (χ2n) is 10.1. The third-order valence-electron chi connectivity index (χ3n) is 8.11. The lowest BCUT2D eigenvalue weighted by Gasteiger charge is -2.26. The zero-order valence-corrected chi connectivity index (χ0v) is 19.4. The van der Waals surface area contributed by atoms with Gasteiger partial charge < -0.3 is 19.1 Å². The molecule has 1 aromatic rings. The van der Waals surface area contributed by atoms with E-state index in [1.165, 1.54) is 0 Å². The molecule has 2 amide bonds. The van der Waals surface area contributed by atoms with Crippen LogP contribution < -0.4 is 0 Å². The third-order valence-corrected chi connectivity index (χ3v) is 8.11. The van der Waals surface area contributed by atoms with E-state index in [1.54, 1.807) is 0 Å². The molecule has 4 saturated heterocycles. The van der Waals surface area contributed by atoms with Crippen molar-refractivity contribution in [2.75, 3.05) is 39.3 Å². The number of rotatable bonds is 6. The number of nitrogens with zero attached hydrogens (tertiary/aromatic N) is 4. The van der Waals surface area contributed by atoms with Gasteiger partial charge in [-0.2, -0.15) is 0 Å². The number of carbonyl (C=O) groups is 2. The highest BCUT2D eigenvalue weighted by molar-refractivity contribution is 5.78. The summed E-state index contributed by atoms with van der Waals surface area (Å²) in [5.74, 6) is 1.76. The molecule has 0 radical (unpaired) electrons. The number of fused-ring (bicyclic) bond motifs is 1. The van der Waals surface area contributed by atoms with E-state index in [1.807, 2.05) is 23.6 Å². The van der Waals surface area contributed by atoms with Gasteiger partial charge in [-0.15, -0.1) is 0 Å². The fourth-order valence-corrected chi connectivity index (χ4v) is 6.31. The molecule has 0 N–H and O–H groups in total. The Morgan fingerprint density at radius 1 is 0.969 bits per heavy atom. The van der Waals surface area contributed by atoms with Gasteiger partial charge in [-0.25, -0.2) is 0 Å². The predicted molar refractivity (Wildman–Crippen MR) is 118 cm³/mol. The van der Waals surface area contributed by atoms with E-state index in [0.717, 1.165) is 82.0 Å². The SMILES string of the molecule is Cc1noc(C)c1CN1C[C@@H](CC(=O)N2CCCC2)[C@H]2[C@H](CC(=O)N3CCCC3)OC[C@H]21. The molecule has 0 aliphatic carbocycles. The van der Waals surface area contributed by atoms with Crippen LogP contribution in [0, 0.1) is 25.7 Å². The van der Waals surface area contributed by atoms with Crippen molar-refractivity contribution in [1.82, 2.24) is 19.9 Å². The molecule has 4 aliphatic rings. The van der Waals surface area contributed by atoms with Crippen molar-refractivity contribution in [3.8, 4) is 0 Å². The van der Waals surface area contributed by atoms with Gasteiger partial charge in [0.15, 0.2) is 0 Å². The van der Waals surface area contributed by atoms with Crippen LogP contribution in [0.15, 0.2) is 4.52 Å². The molecule has 8 nitrogen and oxygen atoms in total. The summed E-state index contributed by atoms with van der Waals surface area (Å²) in [6.07, 6.45) is 5.31. The Balaban J connectivity index is 1.32. The molecule has 8 heteroatoms. The van der Waals surface area contributed by atoms with Crippen LogP contribution in [0.1, 0.15) is 55.5 Å². The van der Waals surface area contributed by atoms with Gasteiger partial charge in [0, 0.05) is 63.2 Å². The van der Waals surface area contributed by atoms with Crippen LogP contribution in [0.5, 0.6) is 0 Å². The van der Waals surface area contributed by atoms with E-state index in [9.17, 15) is 9.59 Å². The van der Waals surface area contributed by atoms with Gasteiger partial charge in [0.1, 0.15) is 5.76 Å². The summed E-state index contributed by atoms with van der Waals surface area (Å²) in [5, 5.41) is 4.12. The van der Waals surface area contributed by atoms with Crippen LogP contribution in [-0.4, -0.2) is 83.1 Å². The molecule has 4 fully saturated rings. The Hall–Kier alpha value is -1.93. The molecule has 0 aromatic carbocycles. The van der Waals surface area contributed by atoms with Crippen LogP contribution in [0.25, 0.3) is 0 Å². The molecule has 0 bridgehead atoms. The number of carbonyl (C=O) groups excluding carboxylic acids is 2. The molecule has 32 heavy (non-hydrogen) atoms. The first-order chi connectivity index (χ1) is 15.5. The van der Waals surface area contributed by atoms with Crippen LogP contribution >= 0.6 is 0 Å². The van der Waals surface area contributed by atoms with Crippen molar-refractivity contribution >= 4 is 11.8 Å². The summed E-state index contributed by atoms with van der Waals surface area (Å²) < 4.78 is 11.6. The lowest BCUT2D eigenvalue weighted by atomic mass is 9.84. The van der Waals surface area contributed by atoms with Crippen molar-refractivity contribution in [3.05, 3.63) is 17.0 Å². The minimum Gasteiger partial charge on any atom is -0.376 e. The first kappa shape index (κ1) is 21.9. The van der Waals surface area contributed by atoms with E-state index in [2.05, 4.69) is 10.1 Å². The molecule has 4 aliphatic heterocycles. The Morgan fingerprint density at radius 3 is 2.19 bits per heavy atom. The van der Waals surface area contributed by atoms with Crippen molar-refractivity contribution in [1.29, 1.82) is 0 Å². The van der Waals surface area contributed by atoms with Crippen LogP contribution in [0.3, 0.4) is 0 Å². The van der Waals surface area contributed by atoms with Crippen molar-refractivity contribution in [2.45, 2.75) is 71.1 Å². The fraction of sp³-hybridized carbons (Fsp3) is 0.792. The minimum atomic E-state index is -0.0980. The maximum Gasteiger partial charge on any atom is 0.225 e. The highest BCUT2D eigenvalue weighted by Gasteiger charge is 2.51.